The summed E-state index contributed by atoms with van der Waals surface area (Å²) in [6, 6.07) is 7.65. The van der Waals surface area contributed by atoms with Gasteiger partial charge in [0.2, 0.25) is 5.91 Å². The molecule has 5 heteroatoms. The van der Waals surface area contributed by atoms with Crippen LogP contribution < -0.4 is 11.1 Å². The molecule has 3 N–H and O–H groups in total. The zero-order valence-corrected chi connectivity index (χ0v) is 13.6. The van der Waals surface area contributed by atoms with E-state index in [9.17, 15) is 4.79 Å². The summed E-state index contributed by atoms with van der Waals surface area (Å²) in [7, 11) is 1.94. The lowest BCUT2D eigenvalue weighted by atomic mass is 9.92. The Hall–Kier alpha value is -0.910. The first-order valence-electron chi connectivity index (χ1n) is 6.94. The third kappa shape index (κ3) is 3.22. The second kappa shape index (κ2) is 6.24. The van der Waals surface area contributed by atoms with Crippen molar-refractivity contribution in [3.63, 3.8) is 0 Å². The Kier molecular flexibility index (Phi) is 4.83. The smallest absolute Gasteiger partial charge is 0.246 e. The Bertz CT molecular complexity index is 473. The molecule has 2 atom stereocenters. The highest BCUT2D eigenvalue weighted by atomic mass is 79.9. The predicted octanol–water partition coefficient (Wildman–Crippen LogP) is 1.69. The largest absolute Gasteiger partial charge is 0.340 e. The van der Waals surface area contributed by atoms with Crippen LogP contribution >= 0.6 is 15.9 Å². The van der Waals surface area contributed by atoms with Gasteiger partial charge in [-0.25, -0.2) is 0 Å². The van der Waals surface area contributed by atoms with Gasteiger partial charge in [-0.15, -0.1) is 0 Å². The molecule has 0 radical (unpaired) electrons. The monoisotopic (exact) mass is 339 g/mol. The molecule has 2 rings (SSSR count). The average molecular weight is 340 g/mol. The highest BCUT2D eigenvalue weighted by Crippen LogP contribution is 2.25. The lowest BCUT2D eigenvalue weighted by Gasteiger charge is -2.29. The average Bonchev–Trinajstić information content (AvgIpc) is 2.87. The summed E-state index contributed by atoms with van der Waals surface area (Å²) in [4.78, 5) is 14.6. The van der Waals surface area contributed by atoms with Crippen LogP contribution in [0.25, 0.3) is 0 Å². The van der Waals surface area contributed by atoms with Crippen LogP contribution in [0.3, 0.4) is 0 Å². The maximum atomic E-state index is 12.7. The lowest BCUT2D eigenvalue weighted by Crippen LogP contribution is -2.50. The molecule has 1 aliphatic heterocycles. The van der Waals surface area contributed by atoms with Gasteiger partial charge in [0, 0.05) is 17.6 Å². The van der Waals surface area contributed by atoms with E-state index >= 15 is 0 Å². The third-order valence-corrected chi connectivity index (χ3v) is 4.48. The fourth-order valence-corrected chi connectivity index (χ4v) is 2.98. The van der Waals surface area contributed by atoms with Gasteiger partial charge >= 0.3 is 0 Å². The van der Waals surface area contributed by atoms with E-state index in [1.165, 1.54) is 0 Å². The van der Waals surface area contributed by atoms with Gasteiger partial charge < -0.3 is 16.0 Å². The Balaban J connectivity index is 2.09. The predicted molar refractivity (Wildman–Crippen MR) is 84.3 cm³/mol. The normalized spacial score (nSPS) is 21.8. The number of amides is 1. The van der Waals surface area contributed by atoms with E-state index in [2.05, 4.69) is 21.2 Å². The zero-order valence-electron chi connectivity index (χ0n) is 12.0. The van der Waals surface area contributed by atoms with Crippen molar-refractivity contribution in [2.24, 2.45) is 11.7 Å². The first-order chi connectivity index (χ1) is 9.45. The first-order valence-corrected chi connectivity index (χ1v) is 7.73. The second-order valence-corrected chi connectivity index (χ2v) is 6.59. The van der Waals surface area contributed by atoms with E-state index in [1.54, 1.807) is 6.92 Å². The molecule has 1 aromatic carbocycles. The summed E-state index contributed by atoms with van der Waals surface area (Å²) in [5.41, 5.74) is 6.20. The molecule has 2 unspecified atom stereocenters. The van der Waals surface area contributed by atoms with Gasteiger partial charge in [0.05, 0.1) is 0 Å². The quantitative estimate of drug-likeness (QED) is 0.877. The molecule has 0 aromatic heterocycles. The van der Waals surface area contributed by atoms with Gasteiger partial charge in [-0.05, 0) is 50.6 Å². The minimum atomic E-state index is -0.963. The summed E-state index contributed by atoms with van der Waals surface area (Å²) < 4.78 is 0.986. The fraction of sp³-hybridized carbons (Fsp3) is 0.533. The molecule has 0 aliphatic carbocycles. The minimum Gasteiger partial charge on any atom is -0.340 e. The van der Waals surface area contributed by atoms with E-state index in [1.807, 2.05) is 36.2 Å². The van der Waals surface area contributed by atoms with Crippen LogP contribution in [0.1, 0.15) is 18.9 Å². The van der Waals surface area contributed by atoms with Crippen molar-refractivity contribution in [2.45, 2.75) is 18.9 Å². The van der Waals surface area contributed by atoms with Crippen LogP contribution in [0.2, 0.25) is 0 Å². The van der Waals surface area contributed by atoms with Crippen LogP contribution in [0.5, 0.6) is 0 Å². The highest BCUT2D eigenvalue weighted by Gasteiger charge is 2.37. The molecule has 0 spiro atoms. The number of benzene rings is 1. The molecule has 4 nitrogen and oxygen atoms in total. The van der Waals surface area contributed by atoms with Crippen molar-refractivity contribution >= 4 is 21.8 Å². The Morgan fingerprint density at radius 2 is 2.15 bits per heavy atom. The zero-order chi connectivity index (χ0) is 14.8. The Labute approximate surface area is 128 Å². The number of halogens is 1. The van der Waals surface area contributed by atoms with Crippen LogP contribution in [0.15, 0.2) is 28.7 Å². The molecule has 1 amide bonds. The minimum absolute atomic E-state index is 0.0124. The highest BCUT2D eigenvalue weighted by molar-refractivity contribution is 9.10. The number of rotatable bonds is 4. The summed E-state index contributed by atoms with van der Waals surface area (Å²) in [6.45, 7) is 4.34. The third-order valence-electron chi connectivity index (χ3n) is 3.95. The van der Waals surface area contributed by atoms with Crippen molar-refractivity contribution < 1.29 is 4.79 Å². The molecule has 1 aromatic rings. The van der Waals surface area contributed by atoms with E-state index in [-0.39, 0.29) is 5.91 Å². The van der Waals surface area contributed by atoms with Crippen molar-refractivity contribution in [3.05, 3.63) is 34.3 Å². The first kappa shape index (κ1) is 15.5. The van der Waals surface area contributed by atoms with E-state index in [0.717, 1.165) is 36.1 Å². The Morgan fingerprint density at radius 3 is 2.75 bits per heavy atom. The number of nitrogens with one attached hydrogen (secondary N) is 1. The van der Waals surface area contributed by atoms with Crippen molar-refractivity contribution in [2.75, 3.05) is 26.7 Å². The van der Waals surface area contributed by atoms with Crippen LogP contribution in [-0.4, -0.2) is 37.5 Å². The number of nitrogens with two attached hydrogens (primary N) is 1. The summed E-state index contributed by atoms with van der Waals surface area (Å²) in [5.74, 6) is 0.545. The SMILES string of the molecule is CNCC1CCN(C(=O)C(C)(N)c2ccc(Br)cc2)C1. The lowest BCUT2D eigenvalue weighted by molar-refractivity contribution is -0.135. The van der Waals surface area contributed by atoms with Crippen molar-refractivity contribution in [1.29, 1.82) is 0 Å². The molecule has 0 bridgehead atoms. The summed E-state index contributed by atoms with van der Waals surface area (Å²) >= 11 is 3.40. The van der Waals surface area contributed by atoms with Crippen LogP contribution in [0.4, 0.5) is 0 Å². The molecular formula is C15H22BrN3O. The molecule has 1 heterocycles. The van der Waals surface area contributed by atoms with Crippen molar-refractivity contribution in [3.8, 4) is 0 Å². The van der Waals surface area contributed by atoms with Crippen LogP contribution in [-0.2, 0) is 10.3 Å². The van der Waals surface area contributed by atoms with Gasteiger partial charge in [0.15, 0.2) is 0 Å². The standard InChI is InChI=1S/C15H22BrN3O/c1-15(17,12-3-5-13(16)6-4-12)14(20)19-8-7-11(10-19)9-18-2/h3-6,11,18H,7-10,17H2,1-2H3. The van der Waals surface area contributed by atoms with Crippen LogP contribution in [0, 0.1) is 5.92 Å². The van der Waals surface area contributed by atoms with Gasteiger partial charge in [0.1, 0.15) is 5.54 Å². The van der Waals surface area contributed by atoms with Gasteiger partial charge in [0.25, 0.3) is 0 Å². The molecule has 0 saturated carbocycles. The number of likely N-dealkylation sites (tertiary alicyclic amines) is 1. The second-order valence-electron chi connectivity index (χ2n) is 5.67. The van der Waals surface area contributed by atoms with Gasteiger partial charge in [-0.2, -0.15) is 0 Å². The molecule has 1 saturated heterocycles. The van der Waals surface area contributed by atoms with E-state index < -0.39 is 5.54 Å². The molecule has 1 aliphatic rings. The molecule has 20 heavy (non-hydrogen) atoms. The summed E-state index contributed by atoms with van der Waals surface area (Å²) in [6.07, 6.45) is 1.04. The number of hydrogen-bond donors (Lipinski definition) is 2. The Morgan fingerprint density at radius 1 is 1.50 bits per heavy atom. The number of carbonyl (C=O) groups is 1. The number of hydrogen-bond acceptors (Lipinski definition) is 3. The maximum Gasteiger partial charge on any atom is 0.246 e. The number of carbonyl (C=O) groups excluding carboxylic acids is 1. The molecular weight excluding hydrogens is 318 g/mol. The van der Waals surface area contributed by atoms with E-state index in [4.69, 9.17) is 5.73 Å². The van der Waals surface area contributed by atoms with Gasteiger partial charge in [-0.1, -0.05) is 28.1 Å². The summed E-state index contributed by atoms with van der Waals surface area (Å²) in [5, 5.41) is 3.17. The molecule has 1 fully saturated rings. The fourth-order valence-electron chi connectivity index (χ4n) is 2.72. The topological polar surface area (TPSA) is 58.4 Å². The molecule has 110 valence electrons. The maximum absolute atomic E-state index is 12.7. The van der Waals surface area contributed by atoms with E-state index in [0.29, 0.717) is 5.92 Å². The van der Waals surface area contributed by atoms with Crippen molar-refractivity contribution in [1.82, 2.24) is 10.2 Å². The van der Waals surface area contributed by atoms with Gasteiger partial charge in [-0.3, -0.25) is 4.79 Å². The number of nitrogens with zero attached hydrogens (tertiary/aromatic N) is 1.